The molecule has 166 valence electrons. The molecule has 1 aliphatic rings. The zero-order chi connectivity index (χ0) is 22.8. The summed E-state index contributed by atoms with van der Waals surface area (Å²) >= 11 is 11.7. The van der Waals surface area contributed by atoms with Crippen molar-refractivity contribution in [3.63, 3.8) is 0 Å². The van der Waals surface area contributed by atoms with Crippen LogP contribution in [0.25, 0.3) is 0 Å². The molecule has 0 saturated carbocycles. The highest BCUT2D eigenvalue weighted by Gasteiger charge is 2.48. The van der Waals surface area contributed by atoms with E-state index in [1.807, 2.05) is 0 Å². The molecule has 3 rings (SSSR count). The van der Waals surface area contributed by atoms with Gasteiger partial charge in [0.2, 0.25) is 0 Å². The molecule has 0 aliphatic carbocycles. The predicted octanol–water partition coefficient (Wildman–Crippen LogP) is 4.01. The Morgan fingerprint density at radius 3 is 2.48 bits per heavy atom. The van der Waals surface area contributed by atoms with Gasteiger partial charge in [0.15, 0.2) is 5.60 Å². The topological polar surface area (TPSA) is 89.6 Å². The molecular formula is C19H16Cl2F4N4O2. The van der Waals surface area contributed by atoms with Crippen LogP contribution < -0.4 is 11.1 Å². The minimum Gasteiger partial charge on any atom is -0.385 e. The number of rotatable bonds is 6. The van der Waals surface area contributed by atoms with Gasteiger partial charge in [0.25, 0.3) is 5.91 Å². The molecule has 1 aromatic carbocycles. The average molecular weight is 479 g/mol. The molecule has 1 unspecified atom stereocenters. The Morgan fingerprint density at radius 1 is 1.19 bits per heavy atom. The van der Waals surface area contributed by atoms with E-state index in [0.29, 0.717) is 0 Å². The molecule has 6 nitrogen and oxygen atoms in total. The van der Waals surface area contributed by atoms with Crippen LogP contribution >= 0.6 is 23.2 Å². The maximum Gasteiger partial charge on any atom is 0.275 e. The van der Waals surface area contributed by atoms with E-state index in [4.69, 9.17) is 33.7 Å². The normalized spacial score (nSPS) is 20.3. The van der Waals surface area contributed by atoms with Crippen molar-refractivity contribution in [3.8, 4) is 0 Å². The van der Waals surface area contributed by atoms with Crippen LogP contribution in [0.5, 0.6) is 0 Å². The largest absolute Gasteiger partial charge is 0.385 e. The molecule has 0 fully saturated rings. The fourth-order valence-electron chi connectivity index (χ4n) is 2.96. The highest BCUT2D eigenvalue weighted by molar-refractivity contribution is 6.36. The van der Waals surface area contributed by atoms with Gasteiger partial charge in [-0.15, -0.1) is 0 Å². The molecule has 1 amide bonds. The number of nitrogens with zero attached hydrogens (tertiary/aromatic N) is 2. The number of anilines is 1. The SMILES string of the molecule is NC1=NC(CF)(c2cc(NC(=O)c3ncc(Cl)cc3Cl)ccc2F)COC1(CF)CF. The van der Waals surface area contributed by atoms with Crippen LogP contribution in [0.15, 0.2) is 35.5 Å². The summed E-state index contributed by atoms with van der Waals surface area (Å²) in [5, 5.41) is 2.67. The highest BCUT2D eigenvalue weighted by atomic mass is 35.5. The fraction of sp³-hybridized carbons (Fsp3) is 0.316. The van der Waals surface area contributed by atoms with Gasteiger partial charge in [-0.05, 0) is 24.3 Å². The Bertz CT molecular complexity index is 1040. The maximum absolute atomic E-state index is 14.6. The molecule has 0 bridgehead atoms. The Labute approximate surface area is 184 Å². The Morgan fingerprint density at radius 2 is 1.90 bits per heavy atom. The van der Waals surface area contributed by atoms with E-state index in [1.54, 1.807) is 0 Å². The number of nitrogens with one attached hydrogen (secondary N) is 1. The second-order valence-corrected chi connectivity index (χ2v) is 7.69. The quantitative estimate of drug-likeness (QED) is 0.613. The van der Waals surface area contributed by atoms with Crippen molar-refractivity contribution in [2.24, 2.45) is 10.7 Å². The molecule has 0 saturated heterocycles. The van der Waals surface area contributed by atoms with E-state index in [9.17, 15) is 22.4 Å². The van der Waals surface area contributed by atoms with Crippen molar-refractivity contribution in [2.45, 2.75) is 11.1 Å². The van der Waals surface area contributed by atoms with E-state index >= 15 is 0 Å². The molecular weight excluding hydrogens is 463 g/mol. The van der Waals surface area contributed by atoms with E-state index in [-0.39, 0.29) is 27.0 Å². The first-order valence-corrected chi connectivity index (χ1v) is 9.56. The number of ether oxygens (including phenoxy) is 1. The van der Waals surface area contributed by atoms with Crippen molar-refractivity contribution in [2.75, 3.05) is 31.9 Å². The molecule has 2 aromatic rings. The third-order valence-electron chi connectivity index (χ3n) is 4.79. The summed E-state index contributed by atoms with van der Waals surface area (Å²) < 4.78 is 60.4. The molecule has 12 heteroatoms. The molecule has 1 aliphatic heterocycles. The number of hydrogen-bond donors (Lipinski definition) is 2. The number of carbonyl (C=O) groups excluding carboxylic acids is 1. The number of carbonyl (C=O) groups is 1. The summed E-state index contributed by atoms with van der Waals surface area (Å²) in [5.41, 5.74) is 1.12. The lowest BCUT2D eigenvalue weighted by Gasteiger charge is -2.40. The molecule has 31 heavy (non-hydrogen) atoms. The summed E-state index contributed by atoms with van der Waals surface area (Å²) in [6, 6.07) is 4.63. The zero-order valence-electron chi connectivity index (χ0n) is 15.8. The van der Waals surface area contributed by atoms with Crippen LogP contribution in [0.3, 0.4) is 0 Å². The smallest absolute Gasteiger partial charge is 0.275 e. The number of alkyl halides is 3. The first-order valence-electron chi connectivity index (χ1n) is 8.80. The second-order valence-electron chi connectivity index (χ2n) is 6.85. The van der Waals surface area contributed by atoms with Gasteiger partial charge in [-0.1, -0.05) is 23.2 Å². The maximum atomic E-state index is 14.6. The summed E-state index contributed by atoms with van der Waals surface area (Å²) in [7, 11) is 0. The van der Waals surface area contributed by atoms with Gasteiger partial charge in [-0.3, -0.25) is 9.79 Å². The van der Waals surface area contributed by atoms with E-state index in [0.717, 1.165) is 12.1 Å². The van der Waals surface area contributed by atoms with Gasteiger partial charge in [-0.25, -0.2) is 22.5 Å². The summed E-state index contributed by atoms with van der Waals surface area (Å²) in [5.74, 6) is -2.25. The Balaban J connectivity index is 1.97. The average Bonchev–Trinajstić information content (AvgIpc) is 2.75. The highest BCUT2D eigenvalue weighted by Crippen LogP contribution is 2.37. The second kappa shape index (κ2) is 8.97. The van der Waals surface area contributed by atoms with Gasteiger partial charge in [-0.2, -0.15) is 0 Å². The monoisotopic (exact) mass is 478 g/mol. The third-order valence-corrected chi connectivity index (χ3v) is 5.28. The van der Waals surface area contributed by atoms with Gasteiger partial charge < -0.3 is 15.8 Å². The number of benzene rings is 1. The minimum absolute atomic E-state index is 0.0144. The number of nitrogens with two attached hydrogens (primary N) is 1. The summed E-state index contributed by atoms with van der Waals surface area (Å²) in [4.78, 5) is 20.2. The fourth-order valence-corrected chi connectivity index (χ4v) is 3.42. The first-order chi connectivity index (χ1) is 14.7. The van der Waals surface area contributed by atoms with E-state index < -0.39 is 55.3 Å². The van der Waals surface area contributed by atoms with Crippen molar-refractivity contribution >= 4 is 40.6 Å². The van der Waals surface area contributed by atoms with Gasteiger partial charge in [0, 0.05) is 17.4 Å². The molecule has 3 N–H and O–H groups in total. The van der Waals surface area contributed by atoms with Crippen molar-refractivity contribution in [1.82, 2.24) is 4.98 Å². The lowest BCUT2D eigenvalue weighted by molar-refractivity contribution is -0.0644. The van der Waals surface area contributed by atoms with Crippen molar-refractivity contribution in [3.05, 3.63) is 57.6 Å². The van der Waals surface area contributed by atoms with Gasteiger partial charge in [0.05, 0.1) is 16.7 Å². The number of amidine groups is 1. The molecule has 0 spiro atoms. The van der Waals surface area contributed by atoms with Crippen molar-refractivity contribution in [1.29, 1.82) is 0 Å². The molecule has 1 atom stereocenters. The first kappa shape index (κ1) is 23.2. The summed E-state index contributed by atoms with van der Waals surface area (Å²) in [6.45, 7) is -4.60. The lowest BCUT2D eigenvalue weighted by Crippen LogP contribution is -2.58. The Hall–Kier alpha value is -2.43. The van der Waals surface area contributed by atoms with E-state index in [1.165, 1.54) is 18.3 Å². The van der Waals surface area contributed by atoms with Crippen LogP contribution in [0.4, 0.5) is 23.2 Å². The number of pyridine rings is 1. The standard InChI is InChI=1S/C19H16Cl2F4N4O2/c20-10-3-13(21)15(27-5-10)16(30)28-11-1-2-14(25)12(4-11)18(6-22)9-31-19(7-23,8-24)17(26)29-18/h1-5H,6-9H2,(H2,26,29)(H,28,30). The molecule has 2 heterocycles. The third kappa shape index (κ3) is 4.32. The number of amides is 1. The lowest BCUT2D eigenvalue weighted by atomic mass is 9.88. The van der Waals surface area contributed by atoms with Crippen LogP contribution in [-0.2, 0) is 10.3 Å². The van der Waals surface area contributed by atoms with Crippen LogP contribution in [0.1, 0.15) is 16.1 Å². The Kier molecular flexibility index (Phi) is 6.73. The number of halogens is 6. The van der Waals surface area contributed by atoms with Crippen LogP contribution in [-0.4, -0.2) is 49.0 Å². The number of aromatic nitrogens is 1. The van der Waals surface area contributed by atoms with Gasteiger partial charge in [0.1, 0.15) is 42.9 Å². The van der Waals surface area contributed by atoms with Gasteiger partial charge >= 0.3 is 0 Å². The van der Waals surface area contributed by atoms with Crippen molar-refractivity contribution < 1.29 is 27.1 Å². The molecule has 0 radical (unpaired) electrons. The van der Waals surface area contributed by atoms with E-state index in [2.05, 4.69) is 15.3 Å². The summed E-state index contributed by atoms with van der Waals surface area (Å²) in [6.07, 6.45) is 1.22. The predicted molar refractivity (Wildman–Crippen MR) is 109 cm³/mol. The zero-order valence-corrected chi connectivity index (χ0v) is 17.3. The minimum atomic E-state index is -2.14. The van der Waals surface area contributed by atoms with Crippen LogP contribution in [0, 0.1) is 5.82 Å². The number of hydrogen-bond acceptors (Lipinski definition) is 5. The molecule has 1 aromatic heterocycles. The number of aliphatic imine (C=N–C) groups is 1. The van der Waals surface area contributed by atoms with Crippen LogP contribution in [0.2, 0.25) is 10.0 Å².